The van der Waals surface area contributed by atoms with E-state index in [0.29, 0.717) is 11.3 Å². The van der Waals surface area contributed by atoms with Gasteiger partial charge in [0.05, 0.1) is 5.56 Å². The minimum atomic E-state index is -4.50. The van der Waals surface area contributed by atoms with Gasteiger partial charge in [-0.1, -0.05) is 6.07 Å². The van der Waals surface area contributed by atoms with Gasteiger partial charge in [0.15, 0.2) is 0 Å². The van der Waals surface area contributed by atoms with Gasteiger partial charge >= 0.3 is 12.2 Å². The maximum absolute atomic E-state index is 12.7. The fourth-order valence-corrected chi connectivity index (χ4v) is 2.31. The third kappa shape index (κ3) is 7.17. The molecule has 0 radical (unpaired) electrons. The van der Waals surface area contributed by atoms with Crippen molar-refractivity contribution in [2.24, 2.45) is 0 Å². The van der Waals surface area contributed by atoms with Crippen molar-refractivity contribution in [2.45, 2.75) is 13.1 Å². The van der Waals surface area contributed by atoms with Crippen LogP contribution in [0.25, 0.3) is 0 Å². The normalized spacial score (nSPS) is 10.8. The minimum absolute atomic E-state index is 0.000575. The van der Waals surface area contributed by atoms with Crippen molar-refractivity contribution in [1.82, 2.24) is 10.6 Å². The van der Waals surface area contributed by atoms with E-state index in [0.717, 1.165) is 12.1 Å². The van der Waals surface area contributed by atoms with Crippen molar-refractivity contribution in [3.63, 3.8) is 0 Å². The first-order chi connectivity index (χ1) is 13.6. The van der Waals surface area contributed by atoms with Crippen LogP contribution in [0, 0.1) is 0 Å². The fraction of sp³-hybridized carbons (Fsp3) is 0.211. The number of nitrogens with one attached hydrogen (secondary N) is 4. The van der Waals surface area contributed by atoms with E-state index >= 15 is 0 Å². The molecule has 0 aliphatic carbocycles. The molecule has 7 nitrogen and oxygen atoms in total. The number of amides is 4. The summed E-state index contributed by atoms with van der Waals surface area (Å²) in [7, 11) is 0. The summed E-state index contributed by atoms with van der Waals surface area (Å²) in [6, 6.07) is 9.79. The number of halogens is 3. The monoisotopic (exact) mass is 408 g/mol. The van der Waals surface area contributed by atoms with Gasteiger partial charge in [-0.25, -0.2) is 4.79 Å². The maximum atomic E-state index is 12.7. The summed E-state index contributed by atoms with van der Waals surface area (Å²) in [4.78, 5) is 34.7. The molecule has 0 spiro atoms. The SMILES string of the molecule is CC(=O)Nc1ccc(C(=O)NCCNC(=O)Nc2cccc(C(F)(F)F)c2)cc1. The molecule has 2 aromatic carbocycles. The second-order valence-electron chi connectivity index (χ2n) is 5.97. The van der Waals surface area contributed by atoms with Gasteiger partial charge in [0.1, 0.15) is 0 Å². The number of carbonyl (C=O) groups is 3. The van der Waals surface area contributed by atoms with Gasteiger partial charge in [-0.15, -0.1) is 0 Å². The lowest BCUT2D eigenvalue weighted by molar-refractivity contribution is -0.137. The first kappa shape index (κ1) is 21.7. The third-order valence-corrected chi connectivity index (χ3v) is 3.61. The minimum Gasteiger partial charge on any atom is -0.350 e. The van der Waals surface area contributed by atoms with Crippen molar-refractivity contribution < 1.29 is 27.6 Å². The van der Waals surface area contributed by atoms with E-state index in [9.17, 15) is 27.6 Å². The Labute approximate surface area is 164 Å². The molecule has 0 atom stereocenters. The van der Waals surface area contributed by atoms with E-state index < -0.39 is 17.8 Å². The van der Waals surface area contributed by atoms with Gasteiger partial charge in [-0.3, -0.25) is 9.59 Å². The van der Waals surface area contributed by atoms with Gasteiger partial charge in [0, 0.05) is 37.0 Å². The van der Waals surface area contributed by atoms with Crippen molar-refractivity contribution >= 4 is 29.2 Å². The Morgan fingerprint density at radius 1 is 0.862 bits per heavy atom. The highest BCUT2D eigenvalue weighted by molar-refractivity contribution is 5.95. The Morgan fingerprint density at radius 3 is 2.14 bits per heavy atom. The number of hydrogen-bond acceptors (Lipinski definition) is 3. The Hall–Kier alpha value is -3.56. The molecule has 0 aliphatic rings. The van der Waals surface area contributed by atoms with Crippen LogP contribution in [-0.4, -0.2) is 30.9 Å². The van der Waals surface area contributed by atoms with Crippen molar-refractivity contribution in [1.29, 1.82) is 0 Å². The number of anilines is 2. The number of carbonyl (C=O) groups excluding carboxylic acids is 3. The predicted octanol–water partition coefficient (Wildman–Crippen LogP) is 3.22. The van der Waals surface area contributed by atoms with Crippen molar-refractivity contribution in [2.75, 3.05) is 23.7 Å². The molecule has 0 unspecified atom stereocenters. The molecule has 0 saturated carbocycles. The molecule has 10 heteroatoms. The maximum Gasteiger partial charge on any atom is 0.416 e. The quantitative estimate of drug-likeness (QED) is 0.553. The molecule has 4 N–H and O–H groups in total. The molecule has 0 fully saturated rings. The summed E-state index contributed by atoms with van der Waals surface area (Å²) in [5.74, 6) is -0.601. The zero-order valence-corrected chi connectivity index (χ0v) is 15.4. The Kier molecular flexibility index (Phi) is 7.18. The van der Waals surface area contributed by atoms with Crippen molar-refractivity contribution in [3.05, 3.63) is 59.7 Å². The molecular weight excluding hydrogens is 389 g/mol. The van der Waals surface area contributed by atoms with Crippen LogP contribution in [0.5, 0.6) is 0 Å². The van der Waals surface area contributed by atoms with E-state index in [2.05, 4.69) is 21.3 Å². The molecule has 29 heavy (non-hydrogen) atoms. The Morgan fingerprint density at radius 2 is 1.52 bits per heavy atom. The second-order valence-corrected chi connectivity index (χ2v) is 5.97. The van der Waals surface area contributed by atoms with E-state index in [1.54, 1.807) is 12.1 Å². The summed E-state index contributed by atoms with van der Waals surface area (Å²) < 4.78 is 38.0. The zero-order chi connectivity index (χ0) is 21.4. The summed E-state index contributed by atoms with van der Waals surface area (Å²) in [5.41, 5.74) is 0.0576. The van der Waals surface area contributed by atoms with Crippen LogP contribution < -0.4 is 21.3 Å². The predicted molar refractivity (Wildman–Crippen MR) is 102 cm³/mol. The summed E-state index contributed by atoms with van der Waals surface area (Å²) >= 11 is 0. The van der Waals surface area contributed by atoms with E-state index in [4.69, 9.17) is 0 Å². The van der Waals surface area contributed by atoms with E-state index in [-0.39, 0.29) is 30.6 Å². The Balaban J connectivity index is 1.75. The molecule has 4 amide bonds. The van der Waals surface area contributed by atoms with Crippen LogP contribution in [0.2, 0.25) is 0 Å². The zero-order valence-electron chi connectivity index (χ0n) is 15.4. The molecule has 0 bridgehead atoms. The molecule has 154 valence electrons. The molecule has 0 aliphatic heterocycles. The summed E-state index contributed by atoms with van der Waals surface area (Å²) in [6.45, 7) is 1.56. The molecule has 0 heterocycles. The fourth-order valence-electron chi connectivity index (χ4n) is 2.31. The van der Waals surface area contributed by atoms with E-state index in [1.165, 1.54) is 31.2 Å². The van der Waals surface area contributed by atoms with Gasteiger partial charge in [0.25, 0.3) is 5.91 Å². The molecular formula is C19H19F3N4O3. The summed E-state index contributed by atoms with van der Waals surface area (Å²) in [6.07, 6.45) is -4.50. The number of benzene rings is 2. The molecule has 2 rings (SSSR count). The molecule has 2 aromatic rings. The number of alkyl halides is 3. The van der Waals surface area contributed by atoms with Gasteiger partial charge in [-0.2, -0.15) is 13.2 Å². The average Bonchev–Trinajstić information content (AvgIpc) is 2.65. The smallest absolute Gasteiger partial charge is 0.350 e. The highest BCUT2D eigenvalue weighted by Crippen LogP contribution is 2.30. The lowest BCUT2D eigenvalue weighted by atomic mass is 10.2. The van der Waals surface area contributed by atoms with Crippen LogP contribution in [-0.2, 0) is 11.0 Å². The van der Waals surface area contributed by atoms with Crippen LogP contribution in [0.15, 0.2) is 48.5 Å². The van der Waals surface area contributed by atoms with Crippen LogP contribution in [0.1, 0.15) is 22.8 Å². The summed E-state index contributed by atoms with van der Waals surface area (Å²) in [5, 5.41) is 9.90. The van der Waals surface area contributed by atoms with Crippen LogP contribution in [0.3, 0.4) is 0 Å². The van der Waals surface area contributed by atoms with Crippen molar-refractivity contribution in [3.8, 4) is 0 Å². The number of hydrogen-bond donors (Lipinski definition) is 4. The van der Waals surface area contributed by atoms with Gasteiger partial charge in [0.2, 0.25) is 5.91 Å². The van der Waals surface area contributed by atoms with Crippen LogP contribution in [0.4, 0.5) is 29.3 Å². The van der Waals surface area contributed by atoms with Gasteiger partial charge in [-0.05, 0) is 42.5 Å². The standard InChI is InChI=1S/C19H19F3N4O3/c1-12(27)25-15-7-5-13(6-8-15)17(28)23-9-10-24-18(29)26-16-4-2-3-14(11-16)19(20,21)22/h2-8,11H,9-10H2,1H3,(H,23,28)(H,25,27)(H2,24,26,29). The highest BCUT2D eigenvalue weighted by Gasteiger charge is 2.30. The van der Waals surface area contributed by atoms with E-state index in [1.807, 2.05) is 0 Å². The largest absolute Gasteiger partial charge is 0.416 e. The number of rotatable bonds is 6. The first-order valence-electron chi connectivity index (χ1n) is 8.53. The topological polar surface area (TPSA) is 99.3 Å². The first-order valence-corrected chi connectivity index (χ1v) is 8.53. The lowest BCUT2D eigenvalue weighted by Gasteiger charge is -2.11. The van der Waals surface area contributed by atoms with Gasteiger partial charge < -0.3 is 21.3 Å². The second kappa shape index (κ2) is 9.58. The van der Waals surface area contributed by atoms with Crippen LogP contribution >= 0.6 is 0 Å². The Bertz CT molecular complexity index is 883. The molecule has 0 aromatic heterocycles. The average molecular weight is 408 g/mol. The number of urea groups is 1. The molecule has 0 saturated heterocycles. The lowest BCUT2D eigenvalue weighted by Crippen LogP contribution is -2.36. The highest BCUT2D eigenvalue weighted by atomic mass is 19.4. The third-order valence-electron chi connectivity index (χ3n) is 3.61.